The van der Waals surface area contributed by atoms with Gasteiger partial charge in [-0.1, -0.05) is 6.07 Å². The largest absolute Gasteiger partial charge is 0.490 e. The molecule has 1 heterocycles. The Morgan fingerprint density at radius 1 is 1.22 bits per heavy atom. The first kappa shape index (κ1) is 12.7. The summed E-state index contributed by atoms with van der Waals surface area (Å²) in [5.74, 6) is 1.62. The van der Waals surface area contributed by atoms with Crippen LogP contribution in [0.15, 0.2) is 18.2 Å². The predicted molar refractivity (Wildman–Crippen MR) is 68.9 cm³/mol. The minimum absolute atomic E-state index is 0.104. The summed E-state index contributed by atoms with van der Waals surface area (Å²) in [7, 11) is 0. The third-order valence-electron chi connectivity index (χ3n) is 2.97. The first-order valence-electron chi connectivity index (χ1n) is 6.43. The van der Waals surface area contributed by atoms with Gasteiger partial charge >= 0.3 is 0 Å². The van der Waals surface area contributed by atoms with Crippen LogP contribution in [0.3, 0.4) is 0 Å². The summed E-state index contributed by atoms with van der Waals surface area (Å²) in [6, 6.07) is 5.97. The minimum atomic E-state index is 0.104. The van der Waals surface area contributed by atoms with E-state index in [1.54, 1.807) is 0 Å². The minimum Gasteiger partial charge on any atom is -0.490 e. The molecule has 1 aliphatic rings. The summed E-state index contributed by atoms with van der Waals surface area (Å²) in [4.78, 5) is 11.2. The second kappa shape index (κ2) is 5.76. The molecule has 0 bridgehead atoms. The maximum Gasteiger partial charge on any atom is 0.220 e. The number of hydrogen-bond donors (Lipinski definition) is 1. The van der Waals surface area contributed by atoms with E-state index >= 15 is 0 Å². The van der Waals surface area contributed by atoms with Gasteiger partial charge in [-0.05, 0) is 38.0 Å². The standard InChI is InChI=1S/C14H19NO3/c1-3-17-12-7-5-10(9-13(12)18-4-2)11-6-8-14(16)15-11/h5,7,9,11H,3-4,6,8H2,1-2H3,(H,15,16). The molecule has 18 heavy (non-hydrogen) atoms. The predicted octanol–water partition coefficient (Wildman–Crippen LogP) is 2.44. The third kappa shape index (κ3) is 2.75. The second-order valence-corrected chi connectivity index (χ2v) is 4.23. The molecule has 4 heteroatoms. The zero-order valence-corrected chi connectivity index (χ0v) is 10.9. The number of benzene rings is 1. The smallest absolute Gasteiger partial charge is 0.220 e. The number of rotatable bonds is 5. The molecule has 1 atom stereocenters. The van der Waals surface area contributed by atoms with Crippen molar-refractivity contribution < 1.29 is 14.3 Å². The molecule has 1 amide bonds. The van der Waals surface area contributed by atoms with Gasteiger partial charge in [0.15, 0.2) is 11.5 Å². The molecule has 1 saturated heterocycles. The highest BCUT2D eigenvalue weighted by molar-refractivity contribution is 5.78. The van der Waals surface area contributed by atoms with Gasteiger partial charge in [0.2, 0.25) is 5.91 Å². The molecule has 0 spiro atoms. The lowest BCUT2D eigenvalue weighted by atomic mass is 10.0. The first-order chi connectivity index (χ1) is 8.74. The van der Waals surface area contributed by atoms with Gasteiger partial charge in [-0.2, -0.15) is 0 Å². The molecule has 1 aromatic rings. The third-order valence-corrected chi connectivity index (χ3v) is 2.97. The molecule has 0 aliphatic carbocycles. The maximum atomic E-state index is 11.2. The lowest BCUT2D eigenvalue weighted by molar-refractivity contribution is -0.119. The molecular weight excluding hydrogens is 230 g/mol. The van der Waals surface area contributed by atoms with Crippen molar-refractivity contribution in [3.8, 4) is 11.5 Å². The average Bonchev–Trinajstić information content (AvgIpc) is 2.79. The van der Waals surface area contributed by atoms with Crippen LogP contribution < -0.4 is 14.8 Å². The Labute approximate surface area is 107 Å². The lowest BCUT2D eigenvalue weighted by Crippen LogP contribution is -2.18. The quantitative estimate of drug-likeness (QED) is 0.871. The van der Waals surface area contributed by atoms with E-state index in [4.69, 9.17) is 9.47 Å². The van der Waals surface area contributed by atoms with Gasteiger partial charge in [-0.3, -0.25) is 4.79 Å². The number of nitrogens with one attached hydrogen (secondary N) is 1. The molecular formula is C14H19NO3. The molecule has 1 aliphatic heterocycles. The summed E-state index contributed by atoms with van der Waals surface area (Å²) in [5, 5.41) is 2.96. The SMILES string of the molecule is CCOc1ccc(C2CCC(=O)N2)cc1OCC. The van der Waals surface area contributed by atoms with Crippen molar-refractivity contribution in [3.05, 3.63) is 23.8 Å². The zero-order valence-electron chi connectivity index (χ0n) is 10.9. The van der Waals surface area contributed by atoms with Gasteiger partial charge in [-0.15, -0.1) is 0 Å². The van der Waals surface area contributed by atoms with Crippen LogP contribution in [-0.4, -0.2) is 19.1 Å². The summed E-state index contributed by atoms with van der Waals surface area (Å²) in [5.41, 5.74) is 1.08. The van der Waals surface area contributed by atoms with Gasteiger partial charge in [-0.25, -0.2) is 0 Å². The van der Waals surface area contributed by atoms with E-state index in [1.165, 1.54) is 0 Å². The van der Waals surface area contributed by atoms with E-state index in [1.807, 2.05) is 32.0 Å². The van der Waals surface area contributed by atoms with Crippen LogP contribution in [0.25, 0.3) is 0 Å². The molecule has 0 saturated carbocycles. The van der Waals surface area contributed by atoms with Crippen LogP contribution in [0.4, 0.5) is 0 Å². The number of hydrogen-bond acceptors (Lipinski definition) is 3. The van der Waals surface area contributed by atoms with E-state index in [0.717, 1.165) is 23.5 Å². The zero-order chi connectivity index (χ0) is 13.0. The van der Waals surface area contributed by atoms with Crippen molar-refractivity contribution in [1.82, 2.24) is 5.32 Å². The average molecular weight is 249 g/mol. The summed E-state index contributed by atoms with van der Waals surface area (Å²) < 4.78 is 11.1. The van der Waals surface area contributed by atoms with Crippen molar-refractivity contribution in [2.45, 2.75) is 32.7 Å². The van der Waals surface area contributed by atoms with Gasteiger partial charge in [0, 0.05) is 6.42 Å². The first-order valence-corrected chi connectivity index (χ1v) is 6.43. The van der Waals surface area contributed by atoms with Crippen LogP contribution in [0.2, 0.25) is 0 Å². The van der Waals surface area contributed by atoms with E-state index in [2.05, 4.69) is 5.32 Å². The second-order valence-electron chi connectivity index (χ2n) is 4.23. The fourth-order valence-electron chi connectivity index (χ4n) is 2.15. The Kier molecular flexibility index (Phi) is 4.07. The van der Waals surface area contributed by atoms with E-state index in [-0.39, 0.29) is 11.9 Å². The highest BCUT2D eigenvalue weighted by Crippen LogP contribution is 2.33. The molecule has 4 nitrogen and oxygen atoms in total. The molecule has 1 unspecified atom stereocenters. The summed E-state index contributed by atoms with van der Waals surface area (Å²) >= 11 is 0. The van der Waals surface area contributed by atoms with E-state index < -0.39 is 0 Å². The molecule has 1 aromatic carbocycles. The molecule has 0 radical (unpaired) electrons. The van der Waals surface area contributed by atoms with Gasteiger partial charge in [0.1, 0.15) is 0 Å². The maximum absolute atomic E-state index is 11.2. The fourth-order valence-corrected chi connectivity index (χ4v) is 2.15. The normalized spacial score (nSPS) is 18.6. The topological polar surface area (TPSA) is 47.6 Å². The highest BCUT2D eigenvalue weighted by Gasteiger charge is 2.23. The number of amides is 1. The Morgan fingerprint density at radius 3 is 2.56 bits per heavy atom. The Morgan fingerprint density at radius 2 is 1.94 bits per heavy atom. The summed E-state index contributed by atoms with van der Waals surface area (Å²) in [6.07, 6.45) is 1.44. The number of carbonyl (C=O) groups is 1. The Bertz CT molecular complexity index is 431. The van der Waals surface area contributed by atoms with Gasteiger partial charge < -0.3 is 14.8 Å². The number of ether oxygens (including phenoxy) is 2. The molecule has 1 fully saturated rings. The molecule has 98 valence electrons. The molecule has 0 aromatic heterocycles. The molecule has 2 rings (SSSR count). The van der Waals surface area contributed by atoms with E-state index in [0.29, 0.717) is 19.6 Å². The van der Waals surface area contributed by atoms with Crippen LogP contribution in [0.5, 0.6) is 11.5 Å². The van der Waals surface area contributed by atoms with Crippen LogP contribution in [0.1, 0.15) is 38.3 Å². The lowest BCUT2D eigenvalue weighted by Gasteiger charge is -2.15. The number of carbonyl (C=O) groups excluding carboxylic acids is 1. The van der Waals surface area contributed by atoms with Crippen LogP contribution >= 0.6 is 0 Å². The van der Waals surface area contributed by atoms with E-state index in [9.17, 15) is 4.79 Å². The van der Waals surface area contributed by atoms with Gasteiger partial charge in [0.05, 0.1) is 19.3 Å². The monoisotopic (exact) mass is 249 g/mol. The van der Waals surface area contributed by atoms with Crippen molar-refractivity contribution >= 4 is 5.91 Å². The Balaban J connectivity index is 2.21. The van der Waals surface area contributed by atoms with Crippen LogP contribution in [-0.2, 0) is 4.79 Å². The summed E-state index contributed by atoms with van der Waals surface area (Å²) in [6.45, 7) is 5.10. The van der Waals surface area contributed by atoms with Crippen molar-refractivity contribution in [1.29, 1.82) is 0 Å². The fraction of sp³-hybridized carbons (Fsp3) is 0.500. The highest BCUT2D eigenvalue weighted by atomic mass is 16.5. The van der Waals surface area contributed by atoms with Crippen LogP contribution in [0, 0.1) is 0 Å². The van der Waals surface area contributed by atoms with Crippen molar-refractivity contribution in [2.75, 3.05) is 13.2 Å². The molecule has 1 N–H and O–H groups in total. The van der Waals surface area contributed by atoms with Crippen molar-refractivity contribution in [3.63, 3.8) is 0 Å². The van der Waals surface area contributed by atoms with Gasteiger partial charge in [0.25, 0.3) is 0 Å². The Hall–Kier alpha value is -1.71. The van der Waals surface area contributed by atoms with Crippen molar-refractivity contribution in [2.24, 2.45) is 0 Å².